The molecule has 1 aromatic heterocycles. The summed E-state index contributed by atoms with van der Waals surface area (Å²) in [6, 6.07) is 1.54. The zero-order chi connectivity index (χ0) is 14.9. The maximum Gasteiger partial charge on any atom is 0.244 e. The summed E-state index contributed by atoms with van der Waals surface area (Å²) in [7, 11) is -1.59. The second kappa shape index (κ2) is 5.82. The molecule has 3 N–H and O–H groups in total. The van der Waals surface area contributed by atoms with Gasteiger partial charge in [0.05, 0.1) is 5.02 Å². The third-order valence-corrected chi connectivity index (χ3v) is 5.63. The Bertz CT molecular complexity index is 594. The normalized spacial score (nSPS) is 21.9. The molecule has 1 unspecified atom stereocenters. The first kappa shape index (κ1) is 15.5. The highest BCUT2D eigenvalue weighted by molar-refractivity contribution is 7.89. The van der Waals surface area contributed by atoms with E-state index >= 15 is 0 Å². The van der Waals surface area contributed by atoms with Crippen LogP contribution in [0.2, 0.25) is 5.02 Å². The van der Waals surface area contributed by atoms with Crippen LogP contribution in [-0.4, -0.2) is 55.3 Å². The van der Waals surface area contributed by atoms with Gasteiger partial charge in [-0.05, 0) is 20.0 Å². The zero-order valence-electron chi connectivity index (χ0n) is 11.4. The van der Waals surface area contributed by atoms with Crippen molar-refractivity contribution in [3.05, 3.63) is 17.3 Å². The fourth-order valence-corrected chi connectivity index (χ4v) is 3.82. The molecule has 0 bridgehead atoms. The van der Waals surface area contributed by atoms with Crippen LogP contribution < -0.4 is 11.3 Å². The molecule has 1 fully saturated rings. The molecule has 7 nitrogen and oxygen atoms in total. The first-order chi connectivity index (χ1) is 9.36. The predicted octanol–water partition coefficient (Wildman–Crippen LogP) is 0.345. The molecular weight excluding hydrogens is 302 g/mol. The third kappa shape index (κ3) is 2.89. The van der Waals surface area contributed by atoms with E-state index in [0.29, 0.717) is 19.6 Å². The van der Waals surface area contributed by atoms with Gasteiger partial charge in [0.25, 0.3) is 0 Å². The summed E-state index contributed by atoms with van der Waals surface area (Å²) in [6.07, 6.45) is 1.26. The summed E-state index contributed by atoms with van der Waals surface area (Å²) < 4.78 is 26.6. The van der Waals surface area contributed by atoms with Crippen molar-refractivity contribution in [3.8, 4) is 0 Å². The molecule has 0 amide bonds. The number of aromatic nitrogens is 1. The molecule has 2 rings (SSSR count). The monoisotopic (exact) mass is 319 g/mol. The molecule has 20 heavy (non-hydrogen) atoms. The van der Waals surface area contributed by atoms with Crippen molar-refractivity contribution in [3.63, 3.8) is 0 Å². The van der Waals surface area contributed by atoms with Crippen LogP contribution >= 0.6 is 11.6 Å². The molecule has 112 valence electrons. The SMILES string of the molecule is CC1CN(S(=O)(=O)c2cnc(NN)c(Cl)c2)CCN1C. The van der Waals surface area contributed by atoms with Crippen LogP contribution in [0.15, 0.2) is 17.2 Å². The van der Waals surface area contributed by atoms with Crippen LogP contribution in [0.1, 0.15) is 6.92 Å². The Morgan fingerprint density at radius 1 is 1.50 bits per heavy atom. The van der Waals surface area contributed by atoms with Crippen molar-refractivity contribution in [2.24, 2.45) is 5.84 Å². The predicted molar refractivity (Wildman–Crippen MR) is 77.9 cm³/mol. The maximum atomic E-state index is 12.5. The molecule has 2 heterocycles. The Kier molecular flexibility index (Phi) is 4.50. The summed E-state index contributed by atoms with van der Waals surface area (Å²) in [4.78, 5) is 6.11. The Labute approximate surface area is 123 Å². The number of sulfonamides is 1. The van der Waals surface area contributed by atoms with Gasteiger partial charge >= 0.3 is 0 Å². The first-order valence-corrected chi connectivity index (χ1v) is 8.00. The lowest BCUT2D eigenvalue weighted by molar-refractivity contribution is 0.159. The van der Waals surface area contributed by atoms with E-state index in [0.717, 1.165) is 0 Å². The molecule has 0 saturated carbocycles. The molecule has 1 saturated heterocycles. The highest BCUT2D eigenvalue weighted by Crippen LogP contribution is 2.25. The number of pyridine rings is 1. The van der Waals surface area contributed by atoms with Crippen LogP contribution in [0.5, 0.6) is 0 Å². The van der Waals surface area contributed by atoms with Gasteiger partial charge < -0.3 is 10.3 Å². The second-order valence-electron chi connectivity index (χ2n) is 4.84. The van der Waals surface area contributed by atoms with Gasteiger partial charge in [0.15, 0.2) is 5.82 Å². The molecule has 1 aliphatic heterocycles. The maximum absolute atomic E-state index is 12.5. The number of hydrazine groups is 1. The number of likely N-dealkylation sites (N-methyl/N-ethyl adjacent to an activating group) is 1. The third-order valence-electron chi connectivity index (χ3n) is 3.51. The number of piperazine rings is 1. The molecule has 0 spiro atoms. The number of halogens is 1. The Balaban J connectivity index is 2.29. The fourth-order valence-electron chi connectivity index (χ4n) is 2.05. The van der Waals surface area contributed by atoms with Crippen molar-refractivity contribution in [2.75, 3.05) is 32.1 Å². The number of nitrogen functional groups attached to an aromatic ring is 1. The Morgan fingerprint density at radius 3 is 2.75 bits per heavy atom. The molecule has 0 aromatic carbocycles. The first-order valence-electron chi connectivity index (χ1n) is 6.19. The fraction of sp³-hybridized carbons (Fsp3) is 0.545. The van der Waals surface area contributed by atoms with Gasteiger partial charge in [0.2, 0.25) is 10.0 Å². The van der Waals surface area contributed by atoms with Gasteiger partial charge in [-0.25, -0.2) is 19.2 Å². The van der Waals surface area contributed by atoms with E-state index < -0.39 is 10.0 Å². The molecule has 9 heteroatoms. The van der Waals surface area contributed by atoms with Crippen LogP contribution in [0.25, 0.3) is 0 Å². The highest BCUT2D eigenvalue weighted by Gasteiger charge is 2.31. The molecule has 1 aliphatic rings. The van der Waals surface area contributed by atoms with E-state index in [4.69, 9.17) is 17.4 Å². The van der Waals surface area contributed by atoms with Gasteiger partial charge in [0.1, 0.15) is 4.90 Å². The summed E-state index contributed by atoms with van der Waals surface area (Å²) in [5, 5.41) is 0.177. The van der Waals surface area contributed by atoms with Crippen LogP contribution in [-0.2, 0) is 10.0 Å². The number of rotatable bonds is 3. The van der Waals surface area contributed by atoms with Gasteiger partial charge in [-0.3, -0.25) is 0 Å². The molecule has 1 atom stereocenters. The van der Waals surface area contributed by atoms with Crippen molar-refractivity contribution in [1.82, 2.24) is 14.2 Å². The average Bonchev–Trinajstić information content (AvgIpc) is 2.41. The zero-order valence-corrected chi connectivity index (χ0v) is 12.9. The molecular formula is C11H18ClN5O2S. The summed E-state index contributed by atoms with van der Waals surface area (Å²) >= 11 is 5.93. The van der Waals surface area contributed by atoms with Crippen molar-refractivity contribution < 1.29 is 8.42 Å². The minimum Gasteiger partial charge on any atom is -0.307 e. The second-order valence-corrected chi connectivity index (χ2v) is 7.18. The average molecular weight is 320 g/mol. The topological polar surface area (TPSA) is 91.6 Å². The lowest BCUT2D eigenvalue weighted by atomic mass is 10.2. The minimum absolute atomic E-state index is 0.0817. The Morgan fingerprint density at radius 2 is 2.20 bits per heavy atom. The quantitative estimate of drug-likeness (QED) is 0.617. The number of nitrogens with zero attached hydrogens (tertiary/aromatic N) is 3. The van der Waals surface area contributed by atoms with Gasteiger partial charge in [-0.2, -0.15) is 4.31 Å². The van der Waals surface area contributed by atoms with E-state index in [-0.39, 0.29) is 21.8 Å². The summed E-state index contributed by atoms with van der Waals surface area (Å²) in [5.74, 6) is 5.47. The molecule has 1 aromatic rings. The van der Waals surface area contributed by atoms with Crippen molar-refractivity contribution in [1.29, 1.82) is 0 Å². The lowest BCUT2D eigenvalue weighted by Gasteiger charge is -2.36. The smallest absolute Gasteiger partial charge is 0.244 e. The molecule has 0 radical (unpaired) electrons. The van der Waals surface area contributed by atoms with Crippen LogP contribution in [0.3, 0.4) is 0 Å². The summed E-state index contributed by atoms with van der Waals surface area (Å²) in [5.41, 5.74) is 2.31. The minimum atomic E-state index is -3.57. The van der Waals surface area contributed by atoms with E-state index in [2.05, 4.69) is 15.3 Å². The number of hydrogen-bond donors (Lipinski definition) is 2. The van der Waals surface area contributed by atoms with Crippen molar-refractivity contribution >= 4 is 27.4 Å². The van der Waals surface area contributed by atoms with Gasteiger partial charge in [0, 0.05) is 31.9 Å². The van der Waals surface area contributed by atoms with E-state index in [9.17, 15) is 8.42 Å². The van der Waals surface area contributed by atoms with Crippen LogP contribution in [0, 0.1) is 0 Å². The number of anilines is 1. The molecule has 0 aliphatic carbocycles. The van der Waals surface area contributed by atoms with E-state index in [1.165, 1.54) is 16.6 Å². The van der Waals surface area contributed by atoms with Crippen molar-refractivity contribution in [2.45, 2.75) is 17.9 Å². The standard InChI is InChI=1S/C11H18ClN5O2S/c1-8-7-17(4-3-16(8)2)20(18,19)9-5-10(12)11(15-13)14-6-9/h5-6,8H,3-4,7,13H2,1-2H3,(H,14,15). The summed E-state index contributed by atoms with van der Waals surface area (Å²) in [6.45, 7) is 3.60. The lowest BCUT2D eigenvalue weighted by Crippen LogP contribution is -2.51. The number of hydrogen-bond acceptors (Lipinski definition) is 6. The van der Waals surface area contributed by atoms with Crippen LogP contribution in [0.4, 0.5) is 5.82 Å². The van der Waals surface area contributed by atoms with E-state index in [1.54, 1.807) is 0 Å². The van der Waals surface area contributed by atoms with E-state index in [1.807, 2.05) is 14.0 Å². The largest absolute Gasteiger partial charge is 0.307 e. The highest BCUT2D eigenvalue weighted by atomic mass is 35.5. The number of nitrogens with two attached hydrogens (primary N) is 1. The number of nitrogens with one attached hydrogen (secondary N) is 1. The van der Waals surface area contributed by atoms with Gasteiger partial charge in [-0.1, -0.05) is 11.6 Å². The van der Waals surface area contributed by atoms with Gasteiger partial charge in [-0.15, -0.1) is 0 Å². The Hall–Kier alpha value is -0.930.